The minimum absolute atomic E-state index is 0.240. The van der Waals surface area contributed by atoms with Crippen LogP contribution in [0, 0.1) is 0 Å². The highest BCUT2D eigenvalue weighted by atomic mass is 16.2. The molecule has 3 heteroatoms. The number of anilines is 1. The van der Waals surface area contributed by atoms with Gasteiger partial charge in [-0.25, -0.2) is 0 Å². The SMILES string of the molecule is NC1Cc2ccccc2N(CCCCO)C1. The Balaban J connectivity index is 2.07. The summed E-state index contributed by atoms with van der Waals surface area (Å²) in [5, 5.41) is 8.80. The van der Waals surface area contributed by atoms with Gasteiger partial charge in [0.2, 0.25) is 0 Å². The van der Waals surface area contributed by atoms with Crippen molar-refractivity contribution < 1.29 is 5.11 Å². The summed E-state index contributed by atoms with van der Waals surface area (Å²) in [7, 11) is 0. The maximum atomic E-state index is 8.80. The fourth-order valence-corrected chi connectivity index (χ4v) is 2.35. The molecule has 0 amide bonds. The third-order valence-corrected chi connectivity index (χ3v) is 3.11. The van der Waals surface area contributed by atoms with E-state index in [1.54, 1.807) is 0 Å². The summed E-state index contributed by atoms with van der Waals surface area (Å²) < 4.78 is 0. The van der Waals surface area contributed by atoms with E-state index in [4.69, 9.17) is 10.8 Å². The van der Waals surface area contributed by atoms with E-state index in [-0.39, 0.29) is 12.6 Å². The average Bonchev–Trinajstić information content (AvgIpc) is 2.29. The number of fused-ring (bicyclic) bond motifs is 1. The van der Waals surface area contributed by atoms with Crippen LogP contribution in [-0.4, -0.2) is 30.8 Å². The molecule has 0 saturated heterocycles. The second kappa shape index (κ2) is 5.32. The predicted molar refractivity (Wildman–Crippen MR) is 66.7 cm³/mol. The Morgan fingerprint density at radius 1 is 1.31 bits per heavy atom. The molecule has 1 atom stereocenters. The number of rotatable bonds is 4. The van der Waals surface area contributed by atoms with Gasteiger partial charge in [0.15, 0.2) is 0 Å². The lowest BCUT2D eigenvalue weighted by atomic mass is 9.98. The van der Waals surface area contributed by atoms with Gasteiger partial charge in [-0.05, 0) is 30.9 Å². The molecule has 16 heavy (non-hydrogen) atoms. The lowest BCUT2D eigenvalue weighted by Crippen LogP contribution is -2.43. The second-order valence-electron chi connectivity index (χ2n) is 4.47. The van der Waals surface area contributed by atoms with Gasteiger partial charge < -0.3 is 15.7 Å². The van der Waals surface area contributed by atoms with Gasteiger partial charge in [0, 0.05) is 31.4 Å². The lowest BCUT2D eigenvalue weighted by Gasteiger charge is -2.34. The van der Waals surface area contributed by atoms with Crippen molar-refractivity contribution in [2.45, 2.75) is 25.3 Å². The molecule has 1 aromatic carbocycles. The Labute approximate surface area is 96.9 Å². The molecule has 0 bridgehead atoms. The zero-order chi connectivity index (χ0) is 11.4. The summed E-state index contributed by atoms with van der Waals surface area (Å²) in [6.45, 7) is 2.20. The standard InChI is InChI=1S/C13H20N2O/c14-12-9-11-5-1-2-6-13(11)15(10-12)7-3-4-8-16/h1-2,5-6,12,16H,3-4,7-10,14H2. The Kier molecular flexibility index (Phi) is 3.80. The first-order chi connectivity index (χ1) is 7.81. The van der Waals surface area contributed by atoms with Crippen LogP contribution in [-0.2, 0) is 6.42 Å². The van der Waals surface area contributed by atoms with E-state index in [1.165, 1.54) is 11.3 Å². The lowest BCUT2D eigenvalue weighted by molar-refractivity contribution is 0.285. The van der Waals surface area contributed by atoms with Gasteiger partial charge in [-0.2, -0.15) is 0 Å². The normalized spacial score (nSPS) is 19.6. The van der Waals surface area contributed by atoms with Crippen molar-refractivity contribution in [3.63, 3.8) is 0 Å². The van der Waals surface area contributed by atoms with Gasteiger partial charge in [-0.15, -0.1) is 0 Å². The van der Waals surface area contributed by atoms with Gasteiger partial charge in [0.25, 0.3) is 0 Å². The number of para-hydroxylation sites is 1. The van der Waals surface area contributed by atoms with Crippen molar-refractivity contribution >= 4 is 5.69 Å². The summed E-state index contributed by atoms with van der Waals surface area (Å²) in [6, 6.07) is 8.72. The average molecular weight is 220 g/mol. The summed E-state index contributed by atoms with van der Waals surface area (Å²) in [5.41, 5.74) is 8.73. The molecule has 1 unspecified atom stereocenters. The molecule has 0 fully saturated rings. The quantitative estimate of drug-likeness (QED) is 0.748. The molecular formula is C13H20N2O. The molecule has 1 aliphatic heterocycles. The smallest absolute Gasteiger partial charge is 0.0431 e. The largest absolute Gasteiger partial charge is 0.396 e. The predicted octanol–water partition coefficient (Wildman–Crippen LogP) is 1.15. The Bertz CT molecular complexity index is 340. The number of hydrogen-bond acceptors (Lipinski definition) is 3. The van der Waals surface area contributed by atoms with Gasteiger partial charge in [0.1, 0.15) is 0 Å². The number of aliphatic hydroxyl groups is 1. The monoisotopic (exact) mass is 220 g/mol. The molecule has 0 aromatic heterocycles. The molecule has 88 valence electrons. The molecule has 0 radical (unpaired) electrons. The van der Waals surface area contributed by atoms with Crippen molar-refractivity contribution in [2.75, 3.05) is 24.6 Å². The summed E-state index contributed by atoms with van der Waals surface area (Å²) in [4.78, 5) is 2.35. The van der Waals surface area contributed by atoms with Crippen molar-refractivity contribution in [1.29, 1.82) is 0 Å². The van der Waals surface area contributed by atoms with Crippen LogP contribution in [0.5, 0.6) is 0 Å². The van der Waals surface area contributed by atoms with Crippen molar-refractivity contribution in [2.24, 2.45) is 5.73 Å². The van der Waals surface area contributed by atoms with E-state index in [9.17, 15) is 0 Å². The van der Waals surface area contributed by atoms with Crippen LogP contribution in [0.2, 0.25) is 0 Å². The number of nitrogens with two attached hydrogens (primary N) is 1. The van der Waals surface area contributed by atoms with E-state index >= 15 is 0 Å². The van der Waals surface area contributed by atoms with E-state index < -0.39 is 0 Å². The highest BCUT2D eigenvalue weighted by Crippen LogP contribution is 2.26. The minimum Gasteiger partial charge on any atom is -0.396 e. The number of aliphatic hydroxyl groups excluding tert-OH is 1. The van der Waals surface area contributed by atoms with E-state index in [0.717, 1.165) is 32.4 Å². The fraction of sp³-hybridized carbons (Fsp3) is 0.538. The van der Waals surface area contributed by atoms with Crippen LogP contribution in [0.1, 0.15) is 18.4 Å². The van der Waals surface area contributed by atoms with Gasteiger partial charge in [0.05, 0.1) is 0 Å². The third-order valence-electron chi connectivity index (χ3n) is 3.11. The first-order valence-electron chi connectivity index (χ1n) is 6.00. The summed E-state index contributed by atoms with van der Waals surface area (Å²) in [6.07, 6.45) is 2.87. The van der Waals surface area contributed by atoms with Crippen LogP contribution in [0.25, 0.3) is 0 Å². The molecule has 3 nitrogen and oxygen atoms in total. The summed E-state index contributed by atoms with van der Waals surface area (Å²) >= 11 is 0. The maximum Gasteiger partial charge on any atom is 0.0431 e. The van der Waals surface area contributed by atoms with Gasteiger partial charge in [-0.3, -0.25) is 0 Å². The van der Waals surface area contributed by atoms with Crippen LogP contribution in [0.15, 0.2) is 24.3 Å². The number of nitrogens with zero attached hydrogens (tertiary/aromatic N) is 1. The molecule has 1 aromatic rings. The van der Waals surface area contributed by atoms with E-state index in [0.29, 0.717) is 0 Å². The van der Waals surface area contributed by atoms with Crippen molar-refractivity contribution in [3.8, 4) is 0 Å². The van der Waals surface area contributed by atoms with Gasteiger partial charge >= 0.3 is 0 Å². The molecule has 2 rings (SSSR count). The Morgan fingerprint density at radius 3 is 2.94 bits per heavy atom. The Morgan fingerprint density at radius 2 is 2.12 bits per heavy atom. The molecule has 0 aliphatic carbocycles. The number of benzene rings is 1. The second-order valence-corrected chi connectivity index (χ2v) is 4.47. The highest BCUT2D eigenvalue weighted by molar-refractivity contribution is 5.56. The molecular weight excluding hydrogens is 200 g/mol. The van der Waals surface area contributed by atoms with Crippen molar-refractivity contribution in [3.05, 3.63) is 29.8 Å². The number of hydrogen-bond donors (Lipinski definition) is 2. The highest BCUT2D eigenvalue weighted by Gasteiger charge is 2.20. The zero-order valence-corrected chi connectivity index (χ0v) is 9.60. The Hall–Kier alpha value is -1.06. The van der Waals surface area contributed by atoms with E-state index in [1.807, 2.05) is 0 Å². The van der Waals surface area contributed by atoms with Crippen LogP contribution >= 0.6 is 0 Å². The maximum absolute atomic E-state index is 8.80. The van der Waals surface area contributed by atoms with Crippen LogP contribution in [0.4, 0.5) is 5.69 Å². The first-order valence-corrected chi connectivity index (χ1v) is 6.00. The molecule has 1 aliphatic rings. The van der Waals surface area contributed by atoms with Crippen LogP contribution in [0.3, 0.4) is 0 Å². The zero-order valence-electron chi connectivity index (χ0n) is 9.60. The van der Waals surface area contributed by atoms with Crippen molar-refractivity contribution in [1.82, 2.24) is 0 Å². The number of unbranched alkanes of at least 4 members (excludes halogenated alkanes) is 1. The minimum atomic E-state index is 0.240. The topological polar surface area (TPSA) is 49.5 Å². The molecule has 0 saturated carbocycles. The first kappa shape index (κ1) is 11.4. The van der Waals surface area contributed by atoms with Gasteiger partial charge in [-0.1, -0.05) is 18.2 Å². The molecule has 0 spiro atoms. The van der Waals surface area contributed by atoms with Crippen LogP contribution < -0.4 is 10.6 Å². The molecule has 3 N–H and O–H groups in total. The third kappa shape index (κ3) is 2.54. The summed E-state index contributed by atoms with van der Waals surface area (Å²) in [5.74, 6) is 0. The van der Waals surface area contributed by atoms with E-state index in [2.05, 4.69) is 29.2 Å². The fourth-order valence-electron chi connectivity index (χ4n) is 2.35. The molecule has 1 heterocycles.